The lowest BCUT2D eigenvalue weighted by Crippen LogP contribution is -2.63. The molecule has 1 heterocycles. The summed E-state index contributed by atoms with van der Waals surface area (Å²) in [6, 6.07) is 0.747. The SMILES string of the molecule is CC(C)CC1CNC(C)(C2CC2)CN1C. The zero-order chi connectivity index (χ0) is 11.1. The first-order valence-corrected chi connectivity index (χ1v) is 6.46. The zero-order valence-corrected chi connectivity index (χ0v) is 10.7. The summed E-state index contributed by atoms with van der Waals surface area (Å²) >= 11 is 0. The Labute approximate surface area is 94.4 Å². The monoisotopic (exact) mass is 210 g/mol. The van der Waals surface area contributed by atoms with Crippen molar-refractivity contribution in [3.05, 3.63) is 0 Å². The van der Waals surface area contributed by atoms with Gasteiger partial charge in [-0.15, -0.1) is 0 Å². The number of hydrogen-bond donors (Lipinski definition) is 1. The van der Waals surface area contributed by atoms with E-state index >= 15 is 0 Å². The molecule has 1 saturated heterocycles. The second-order valence-corrected chi connectivity index (χ2v) is 6.27. The Morgan fingerprint density at radius 3 is 2.53 bits per heavy atom. The van der Waals surface area contributed by atoms with Crippen molar-refractivity contribution < 1.29 is 0 Å². The fourth-order valence-electron chi connectivity index (χ4n) is 3.01. The highest BCUT2D eigenvalue weighted by Crippen LogP contribution is 2.41. The molecule has 1 aliphatic carbocycles. The standard InChI is InChI=1S/C13H26N2/c1-10(2)7-12-8-14-13(3,9-15(12)4)11-5-6-11/h10-12,14H,5-9H2,1-4H3. The van der Waals surface area contributed by atoms with Gasteiger partial charge in [-0.2, -0.15) is 0 Å². The van der Waals surface area contributed by atoms with E-state index in [9.17, 15) is 0 Å². The van der Waals surface area contributed by atoms with Gasteiger partial charge in [-0.05, 0) is 45.1 Å². The summed E-state index contributed by atoms with van der Waals surface area (Å²) in [6.45, 7) is 9.47. The van der Waals surface area contributed by atoms with Crippen molar-refractivity contribution in [3.8, 4) is 0 Å². The largest absolute Gasteiger partial charge is 0.308 e. The van der Waals surface area contributed by atoms with Gasteiger partial charge in [-0.1, -0.05) is 13.8 Å². The predicted octanol–water partition coefficient (Wildman–Crippen LogP) is 2.10. The Morgan fingerprint density at radius 1 is 1.40 bits per heavy atom. The Bertz CT molecular complexity index is 223. The van der Waals surface area contributed by atoms with Gasteiger partial charge in [0.2, 0.25) is 0 Å². The summed E-state index contributed by atoms with van der Waals surface area (Å²) in [5.74, 6) is 1.75. The molecule has 0 radical (unpaired) electrons. The molecule has 0 aromatic heterocycles. The fraction of sp³-hybridized carbons (Fsp3) is 1.00. The van der Waals surface area contributed by atoms with Crippen LogP contribution in [-0.4, -0.2) is 36.6 Å². The average molecular weight is 210 g/mol. The smallest absolute Gasteiger partial charge is 0.0309 e. The Kier molecular flexibility index (Phi) is 3.09. The van der Waals surface area contributed by atoms with Crippen molar-refractivity contribution in [3.63, 3.8) is 0 Å². The van der Waals surface area contributed by atoms with Crippen LogP contribution in [0.4, 0.5) is 0 Å². The molecule has 0 amide bonds. The van der Waals surface area contributed by atoms with E-state index in [0.29, 0.717) is 5.54 Å². The Hall–Kier alpha value is -0.0800. The summed E-state index contributed by atoms with van der Waals surface area (Å²) in [4.78, 5) is 2.58. The van der Waals surface area contributed by atoms with Crippen LogP contribution in [0.15, 0.2) is 0 Å². The highest BCUT2D eigenvalue weighted by Gasteiger charge is 2.45. The minimum Gasteiger partial charge on any atom is -0.308 e. The van der Waals surface area contributed by atoms with E-state index in [4.69, 9.17) is 0 Å². The molecule has 2 unspecified atom stereocenters. The van der Waals surface area contributed by atoms with Gasteiger partial charge in [0.15, 0.2) is 0 Å². The molecule has 0 spiro atoms. The van der Waals surface area contributed by atoms with Crippen LogP contribution in [0.3, 0.4) is 0 Å². The number of likely N-dealkylation sites (N-methyl/N-ethyl adjacent to an activating group) is 1. The third kappa shape index (κ3) is 2.54. The topological polar surface area (TPSA) is 15.3 Å². The van der Waals surface area contributed by atoms with Crippen molar-refractivity contribution in [2.24, 2.45) is 11.8 Å². The quantitative estimate of drug-likeness (QED) is 0.767. The van der Waals surface area contributed by atoms with Gasteiger partial charge in [0.25, 0.3) is 0 Å². The van der Waals surface area contributed by atoms with Crippen LogP contribution in [-0.2, 0) is 0 Å². The first-order valence-electron chi connectivity index (χ1n) is 6.46. The fourth-order valence-corrected chi connectivity index (χ4v) is 3.01. The minimum atomic E-state index is 0.405. The van der Waals surface area contributed by atoms with Crippen molar-refractivity contribution in [1.29, 1.82) is 0 Å². The minimum absolute atomic E-state index is 0.405. The van der Waals surface area contributed by atoms with Gasteiger partial charge in [-0.25, -0.2) is 0 Å². The third-order valence-corrected chi connectivity index (χ3v) is 4.16. The maximum Gasteiger partial charge on any atom is 0.0309 e. The van der Waals surface area contributed by atoms with Gasteiger partial charge in [0.05, 0.1) is 0 Å². The summed E-state index contributed by atoms with van der Waals surface area (Å²) in [5, 5.41) is 3.80. The molecule has 2 heteroatoms. The Balaban J connectivity index is 1.90. The van der Waals surface area contributed by atoms with Crippen LogP contribution in [0.25, 0.3) is 0 Å². The third-order valence-electron chi connectivity index (χ3n) is 4.16. The highest BCUT2D eigenvalue weighted by molar-refractivity contribution is 5.03. The highest BCUT2D eigenvalue weighted by atomic mass is 15.2. The van der Waals surface area contributed by atoms with Crippen LogP contribution in [0.1, 0.15) is 40.0 Å². The normalized spacial score (nSPS) is 38.6. The molecule has 2 fully saturated rings. The molecule has 1 N–H and O–H groups in total. The molecule has 0 aromatic rings. The molecule has 88 valence electrons. The Morgan fingerprint density at radius 2 is 2.07 bits per heavy atom. The summed E-state index contributed by atoms with van der Waals surface area (Å²) < 4.78 is 0. The lowest BCUT2D eigenvalue weighted by Gasteiger charge is -2.45. The van der Waals surface area contributed by atoms with Crippen molar-refractivity contribution in [2.45, 2.75) is 51.6 Å². The van der Waals surface area contributed by atoms with E-state index in [-0.39, 0.29) is 0 Å². The molecule has 0 bridgehead atoms. The van der Waals surface area contributed by atoms with Crippen LogP contribution >= 0.6 is 0 Å². The maximum atomic E-state index is 3.80. The molecule has 1 aliphatic heterocycles. The van der Waals surface area contributed by atoms with Gasteiger partial charge < -0.3 is 10.2 Å². The van der Waals surface area contributed by atoms with Crippen LogP contribution in [0.5, 0.6) is 0 Å². The van der Waals surface area contributed by atoms with E-state index in [1.165, 1.54) is 32.4 Å². The predicted molar refractivity (Wildman–Crippen MR) is 65.0 cm³/mol. The number of nitrogens with one attached hydrogen (secondary N) is 1. The molecule has 1 saturated carbocycles. The van der Waals surface area contributed by atoms with Crippen LogP contribution < -0.4 is 5.32 Å². The summed E-state index contributed by atoms with van der Waals surface area (Å²) in [6.07, 6.45) is 4.20. The second-order valence-electron chi connectivity index (χ2n) is 6.27. The van der Waals surface area contributed by atoms with Gasteiger partial charge in [0.1, 0.15) is 0 Å². The number of hydrogen-bond acceptors (Lipinski definition) is 2. The lowest BCUT2D eigenvalue weighted by atomic mass is 9.89. The average Bonchev–Trinajstić information content (AvgIpc) is 2.92. The van der Waals surface area contributed by atoms with Crippen molar-refractivity contribution in [2.75, 3.05) is 20.1 Å². The molecule has 2 aliphatic rings. The molecule has 0 aromatic carbocycles. The van der Waals surface area contributed by atoms with Crippen molar-refractivity contribution in [1.82, 2.24) is 10.2 Å². The lowest BCUT2D eigenvalue weighted by molar-refractivity contribution is 0.0873. The van der Waals surface area contributed by atoms with Gasteiger partial charge in [-0.3, -0.25) is 0 Å². The van der Waals surface area contributed by atoms with Crippen LogP contribution in [0, 0.1) is 11.8 Å². The molecular weight excluding hydrogens is 184 g/mol. The van der Waals surface area contributed by atoms with E-state index in [2.05, 4.69) is 38.0 Å². The molecule has 15 heavy (non-hydrogen) atoms. The molecule has 2 nitrogen and oxygen atoms in total. The van der Waals surface area contributed by atoms with E-state index in [1.807, 2.05) is 0 Å². The molecule has 2 rings (SSSR count). The van der Waals surface area contributed by atoms with Crippen LogP contribution in [0.2, 0.25) is 0 Å². The van der Waals surface area contributed by atoms with E-state index in [0.717, 1.165) is 17.9 Å². The first kappa shape index (κ1) is 11.4. The van der Waals surface area contributed by atoms with Crippen molar-refractivity contribution >= 4 is 0 Å². The van der Waals surface area contributed by atoms with Gasteiger partial charge >= 0.3 is 0 Å². The van der Waals surface area contributed by atoms with E-state index in [1.54, 1.807) is 0 Å². The number of rotatable bonds is 3. The maximum absolute atomic E-state index is 3.80. The summed E-state index contributed by atoms with van der Waals surface area (Å²) in [7, 11) is 2.30. The summed E-state index contributed by atoms with van der Waals surface area (Å²) in [5.41, 5.74) is 0.405. The first-order chi connectivity index (χ1) is 7.01. The number of nitrogens with zero attached hydrogens (tertiary/aromatic N) is 1. The zero-order valence-electron chi connectivity index (χ0n) is 10.7. The van der Waals surface area contributed by atoms with Gasteiger partial charge in [0, 0.05) is 24.7 Å². The molecule has 2 atom stereocenters. The van der Waals surface area contributed by atoms with E-state index < -0.39 is 0 Å². The second kappa shape index (κ2) is 4.06. The number of piperazine rings is 1. The molecular formula is C13H26N2.